The lowest BCUT2D eigenvalue weighted by molar-refractivity contribution is 0.0469. The molecule has 88 valence electrons. The summed E-state index contributed by atoms with van der Waals surface area (Å²) in [6.07, 6.45) is 2.93. The summed E-state index contributed by atoms with van der Waals surface area (Å²) in [6.45, 7) is 2.00. The van der Waals surface area contributed by atoms with Crippen molar-refractivity contribution in [2.24, 2.45) is 0 Å². The Morgan fingerprint density at radius 2 is 2.24 bits per heavy atom. The number of aromatic nitrogens is 2. The first-order valence-corrected chi connectivity index (χ1v) is 6.04. The summed E-state index contributed by atoms with van der Waals surface area (Å²) in [5.74, 6) is -0.484. The van der Waals surface area contributed by atoms with Crippen LogP contribution in [0.2, 0.25) is 4.34 Å². The Balaban J connectivity index is 1.95. The highest BCUT2D eigenvalue weighted by Gasteiger charge is 2.09. The molecular weight excluding hydrogens is 260 g/mol. The van der Waals surface area contributed by atoms with Gasteiger partial charge < -0.3 is 4.74 Å². The molecule has 4 nitrogen and oxygen atoms in total. The Morgan fingerprint density at radius 3 is 2.82 bits per heavy atom. The zero-order chi connectivity index (χ0) is 12.3. The topological polar surface area (TPSA) is 52.1 Å². The lowest BCUT2D eigenvalue weighted by atomic mass is 10.4. The van der Waals surface area contributed by atoms with Crippen molar-refractivity contribution in [3.05, 3.63) is 45.1 Å². The van der Waals surface area contributed by atoms with Crippen LogP contribution in [0.3, 0.4) is 0 Å². The molecule has 0 saturated heterocycles. The van der Waals surface area contributed by atoms with Gasteiger partial charge in [0.15, 0.2) is 5.69 Å². The zero-order valence-electron chi connectivity index (χ0n) is 9.01. The van der Waals surface area contributed by atoms with Crippen LogP contribution in [0.4, 0.5) is 0 Å². The fourth-order valence-corrected chi connectivity index (χ4v) is 2.14. The molecule has 0 bridgehead atoms. The van der Waals surface area contributed by atoms with Gasteiger partial charge in [0.05, 0.1) is 16.2 Å². The molecule has 17 heavy (non-hydrogen) atoms. The molecule has 0 fully saturated rings. The maximum Gasteiger partial charge on any atom is 0.358 e. The number of aryl methyl sites for hydroxylation is 1. The van der Waals surface area contributed by atoms with E-state index in [1.807, 2.05) is 6.07 Å². The number of halogens is 1. The SMILES string of the molecule is Cc1cnc(C(=O)OCc2ccc(Cl)s2)cn1. The minimum atomic E-state index is -0.484. The summed E-state index contributed by atoms with van der Waals surface area (Å²) < 4.78 is 5.75. The van der Waals surface area contributed by atoms with Crippen LogP contribution in [0.15, 0.2) is 24.5 Å². The number of thiophene rings is 1. The third kappa shape index (κ3) is 3.25. The Bertz CT molecular complexity index is 525. The van der Waals surface area contributed by atoms with Crippen molar-refractivity contribution in [2.45, 2.75) is 13.5 Å². The summed E-state index contributed by atoms with van der Waals surface area (Å²) >= 11 is 7.15. The molecule has 0 saturated carbocycles. The summed E-state index contributed by atoms with van der Waals surface area (Å²) in [5.41, 5.74) is 0.963. The highest BCUT2D eigenvalue weighted by atomic mass is 35.5. The van der Waals surface area contributed by atoms with Crippen molar-refractivity contribution >= 4 is 28.9 Å². The highest BCUT2D eigenvalue weighted by molar-refractivity contribution is 7.16. The molecular formula is C11H9ClN2O2S. The molecule has 0 amide bonds. The standard InChI is InChI=1S/C11H9ClN2O2S/c1-7-4-14-9(5-13-7)11(15)16-6-8-2-3-10(12)17-8/h2-5H,6H2,1H3. The Morgan fingerprint density at radius 1 is 1.41 bits per heavy atom. The van der Waals surface area contributed by atoms with Crippen LogP contribution in [-0.2, 0) is 11.3 Å². The lowest BCUT2D eigenvalue weighted by Crippen LogP contribution is -2.07. The number of esters is 1. The van der Waals surface area contributed by atoms with Gasteiger partial charge in [-0.05, 0) is 19.1 Å². The van der Waals surface area contributed by atoms with Gasteiger partial charge in [0, 0.05) is 11.1 Å². The van der Waals surface area contributed by atoms with E-state index in [1.165, 1.54) is 23.7 Å². The van der Waals surface area contributed by atoms with Crippen molar-refractivity contribution in [2.75, 3.05) is 0 Å². The van der Waals surface area contributed by atoms with Crippen LogP contribution in [0.1, 0.15) is 21.1 Å². The lowest BCUT2D eigenvalue weighted by Gasteiger charge is -2.02. The van der Waals surface area contributed by atoms with Gasteiger partial charge in [-0.15, -0.1) is 11.3 Å². The molecule has 0 N–H and O–H groups in total. The second kappa shape index (κ2) is 5.25. The predicted octanol–water partition coefficient (Wildman–Crippen LogP) is 2.86. The van der Waals surface area contributed by atoms with Gasteiger partial charge in [0.25, 0.3) is 0 Å². The first kappa shape index (κ1) is 12.0. The molecule has 0 aliphatic rings. The number of carbonyl (C=O) groups excluding carboxylic acids is 1. The monoisotopic (exact) mass is 268 g/mol. The van der Waals surface area contributed by atoms with Crippen molar-refractivity contribution in [1.29, 1.82) is 0 Å². The van der Waals surface area contributed by atoms with Crippen molar-refractivity contribution in [3.8, 4) is 0 Å². The normalized spacial score (nSPS) is 10.2. The fourth-order valence-electron chi connectivity index (χ4n) is 1.14. The maximum atomic E-state index is 11.6. The molecule has 0 atom stereocenters. The molecule has 0 aromatic carbocycles. The summed E-state index contributed by atoms with van der Waals surface area (Å²) in [7, 11) is 0. The van der Waals surface area contributed by atoms with Crippen LogP contribution < -0.4 is 0 Å². The van der Waals surface area contributed by atoms with E-state index in [0.29, 0.717) is 4.34 Å². The average molecular weight is 269 g/mol. The molecule has 2 rings (SSSR count). The van der Waals surface area contributed by atoms with Crippen LogP contribution >= 0.6 is 22.9 Å². The van der Waals surface area contributed by atoms with E-state index < -0.39 is 5.97 Å². The van der Waals surface area contributed by atoms with E-state index >= 15 is 0 Å². The van der Waals surface area contributed by atoms with Gasteiger partial charge in [0.2, 0.25) is 0 Å². The minimum Gasteiger partial charge on any atom is -0.455 e. The first-order chi connectivity index (χ1) is 8.15. The van der Waals surface area contributed by atoms with Gasteiger partial charge in [-0.1, -0.05) is 11.6 Å². The van der Waals surface area contributed by atoms with Gasteiger partial charge in [-0.3, -0.25) is 4.98 Å². The number of nitrogens with zero attached hydrogens (tertiary/aromatic N) is 2. The molecule has 2 heterocycles. The number of hydrogen-bond acceptors (Lipinski definition) is 5. The number of rotatable bonds is 3. The molecule has 6 heteroatoms. The van der Waals surface area contributed by atoms with Crippen molar-refractivity contribution in [3.63, 3.8) is 0 Å². The van der Waals surface area contributed by atoms with Gasteiger partial charge in [-0.2, -0.15) is 0 Å². The summed E-state index contributed by atoms with van der Waals surface area (Å²) in [4.78, 5) is 20.4. The average Bonchev–Trinajstić information content (AvgIpc) is 2.73. The molecule has 0 unspecified atom stereocenters. The van der Waals surface area contributed by atoms with Crippen molar-refractivity contribution in [1.82, 2.24) is 9.97 Å². The van der Waals surface area contributed by atoms with Crippen LogP contribution in [-0.4, -0.2) is 15.9 Å². The minimum absolute atomic E-state index is 0.200. The number of carbonyl (C=O) groups is 1. The molecule has 2 aromatic rings. The fraction of sp³-hybridized carbons (Fsp3) is 0.182. The van der Waals surface area contributed by atoms with Crippen LogP contribution in [0.5, 0.6) is 0 Å². The highest BCUT2D eigenvalue weighted by Crippen LogP contribution is 2.22. The third-order valence-corrected chi connectivity index (χ3v) is 3.17. The molecule has 0 radical (unpaired) electrons. The Hall–Kier alpha value is -1.46. The number of hydrogen-bond donors (Lipinski definition) is 0. The Kier molecular flexibility index (Phi) is 3.71. The summed E-state index contributed by atoms with van der Waals surface area (Å²) in [6, 6.07) is 3.59. The number of ether oxygens (including phenoxy) is 1. The third-order valence-electron chi connectivity index (χ3n) is 1.96. The van der Waals surface area contributed by atoms with Gasteiger partial charge in [0.1, 0.15) is 6.61 Å². The van der Waals surface area contributed by atoms with E-state index in [0.717, 1.165) is 10.6 Å². The van der Waals surface area contributed by atoms with E-state index in [4.69, 9.17) is 16.3 Å². The van der Waals surface area contributed by atoms with E-state index in [2.05, 4.69) is 9.97 Å². The van der Waals surface area contributed by atoms with Gasteiger partial charge >= 0.3 is 5.97 Å². The van der Waals surface area contributed by atoms with Crippen LogP contribution in [0, 0.1) is 6.92 Å². The second-order valence-electron chi connectivity index (χ2n) is 3.32. The van der Waals surface area contributed by atoms with E-state index in [9.17, 15) is 4.79 Å². The molecule has 2 aromatic heterocycles. The molecule has 0 aliphatic carbocycles. The largest absolute Gasteiger partial charge is 0.455 e. The Labute approximate surface area is 107 Å². The van der Waals surface area contributed by atoms with Gasteiger partial charge in [-0.25, -0.2) is 9.78 Å². The molecule has 0 spiro atoms. The van der Waals surface area contributed by atoms with Crippen LogP contribution in [0.25, 0.3) is 0 Å². The summed E-state index contributed by atoms with van der Waals surface area (Å²) in [5, 5.41) is 0. The van der Waals surface area contributed by atoms with Crippen molar-refractivity contribution < 1.29 is 9.53 Å². The van der Waals surface area contributed by atoms with E-state index in [1.54, 1.807) is 13.0 Å². The first-order valence-electron chi connectivity index (χ1n) is 4.85. The smallest absolute Gasteiger partial charge is 0.358 e. The van der Waals surface area contributed by atoms with E-state index in [-0.39, 0.29) is 12.3 Å². The maximum absolute atomic E-state index is 11.6. The predicted molar refractivity (Wildman–Crippen MR) is 65.2 cm³/mol. The quantitative estimate of drug-likeness (QED) is 0.803. The zero-order valence-corrected chi connectivity index (χ0v) is 10.6. The second-order valence-corrected chi connectivity index (χ2v) is 5.12. The molecule has 0 aliphatic heterocycles.